The Balaban J connectivity index is 1.01. The van der Waals surface area contributed by atoms with E-state index in [2.05, 4.69) is 19.8 Å². The second-order valence-electron chi connectivity index (χ2n) is 14.2. The monoisotopic (exact) mass is 658 g/mol. The number of hydrogen-bond acceptors (Lipinski definition) is 8. The summed E-state index contributed by atoms with van der Waals surface area (Å²) in [6.45, 7) is 14.4. The van der Waals surface area contributed by atoms with Gasteiger partial charge in [0.25, 0.3) is 5.91 Å². The Hall–Kier alpha value is -4.25. The van der Waals surface area contributed by atoms with E-state index < -0.39 is 5.82 Å². The number of amides is 2. The molecule has 256 valence electrons. The molecule has 48 heavy (non-hydrogen) atoms. The lowest BCUT2D eigenvalue weighted by molar-refractivity contribution is -0.0505. The van der Waals surface area contributed by atoms with Gasteiger partial charge in [0.1, 0.15) is 24.5 Å². The predicted molar refractivity (Wildman–Crippen MR) is 182 cm³/mol. The highest BCUT2D eigenvalue weighted by molar-refractivity contribution is 5.97. The Bertz CT molecular complexity index is 1560. The number of aromatic nitrogens is 2. The van der Waals surface area contributed by atoms with Crippen LogP contribution in [0.1, 0.15) is 62.9 Å². The zero-order valence-electron chi connectivity index (χ0n) is 28.5. The number of ether oxygens (including phenoxy) is 2. The molecule has 4 heterocycles. The Kier molecular flexibility index (Phi) is 10.1. The van der Waals surface area contributed by atoms with Crippen LogP contribution in [-0.2, 0) is 11.3 Å². The molecule has 2 aromatic carbocycles. The number of rotatable bonds is 10. The third-order valence-electron chi connectivity index (χ3n) is 9.91. The van der Waals surface area contributed by atoms with E-state index in [-0.39, 0.29) is 40.8 Å². The van der Waals surface area contributed by atoms with Gasteiger partial charge >= 0.3 is 6.09 Å². The summed E-state index contributed by atoms with van der Waals surface area (Å²) in [6, 6.07) is 13.7. The largest absolute Gasteiger partial charge is 0.451 e. The maximum absolute atomic E-state index is 14.4. The zero-order chi connectivity index (χ0) is 33.8. The highest BCUT2D eigenvalue weighted by atomic mass is 19.1. The summed E-state index contributed by atoms with van der Waals surface area (Å²) in [5.41, 5.74) is 1.46. The number of hydrogen-bond donors (Lipinski definition) is 0. The number of carbonyl (C=O) groups is 2. The second kappa shape index (κ2) is 14.5. The molecule has 0 bridgehead atoms. The van der Waals surface area contributed by atoms with Crippen LogP contribution in [-0.4, -0.2) is 94.6 Å². The van der Waals surface area contributed by atoms with Gasteiger partial charge in [-0.05, 0) is 82.1 Å². The lowest BCUT2D eigenvalue weighted by Gasteiger charge is -2.54. The first-order valence-electron chi connectivity index (χ1n) is 17.1. The zero-order valence-corrected chi connectivity index (χ0v) is 28.5. The van der Waals surface area contributed by atoms with Crippen molar-refractivity contribution in [3.63, 3.8) is 0 Å². The number of carbonyl (C=O) groups excluding carboxylic acids is 2. The number of halogens is 1. The van der Waals surface area contributed by atoms with Crippen LogP contribution in [0.5, 0.6) is 11.5 Å². The number of piperidine rings is 1. The third kappa shape index (κ3) is 7.56. The van der Waals surface area contributed by atoms with E-state index >= 15 is 0 Å². The fourth-order valence-electron chi connectivity index (χ4n) is 7.56. The molecule has 3 fully saturated rings. The quantitative estimate of drug-likeness (QED) is 0.253. The van der Waals surface area contributed by atoms with Crippen LogP contribution in [0, 0.1) is 17.2 Å². The fourth-order valence-corrected chi connectivity index (χ4v) is 7.56. The molecule has 2 amide bonds. The highest BCUT2D eigenvalue weighted by Crippen LogP contribution is 2.42. The van der Waals surface area contributed by atoms with Gasteiger partial charge in [0.2, 0.25) is 0 Å². The molecule has 10 nitrogen and oxygen atoms in total. The van der Waals surface area contributed by atoms with Crippen molar-refractivity contribution in [2.45, 2.75) is 65.6 Å². The molecule has 6 rings (SSSR count). The molecule has 3 aliphatic heterocycles. The summed E-state index contributed by atoms with van der Waals surface area (Å²) in [4.78, 5) is 43.3. The van der Waals surface area contributed by atoms with Crippen LogP contribution in [0.2, 0.25) is 0 Å². The van der Waals surface area contributed by atoms with Crippen LogP contribution in [0.25, 0.3) is 0 Å². The van der Waals surface area contributed by atoms with Gasteiger partial charge in [-0.3, -0.25) is 4.79 Å². The summed E-state index contributed by atoms with van der Waals surface area (Å²) < 4.78 is 26.2. The Morgan fingerprint density at radius 2 is 1.73 bits per heavy atom. The molecule has 0 aliphatic carbocycles. The average molecular weight is 659 g/mol. The average Bonchev–Trinajstić information content (AvgIpc) is 3.52. The van der Waals surface area contributed by atoms with E-state index in [4.69, 9.17) is 9.47 Å². The van der Waals surface area contributed by atoms with Gasteiger partial charge in [0, 0.05) is 57.9 Å². The van der Waals surface area contributed by atoms with Gasteiger partial charge in [0.15, 0.2) is 11.6 Å². The first-order valence-corrected chi connectivity index (χ1v) is 17.1. The van der Waals surface area contributed by atoms with E-state index in [9.17, 15) is 14.0 Å². The standard InChI is InChI=1S/C37H47FN6O4/c1-26(2)44(27(3)4)35(45)31-18-30(38)10-11-32(31)48-33-19-39-25-40-34(33)43-15-12-29(21-43)20-41-23-37(24-41)13-16-42(17-14-37)36(46)47-22-28-8-6-5-7-9-28/h5-11,18-19,25-27,29H,12-17,20-24H2,1-4H3. The smallest absolute Gasteiger partial charge is 0.410 e. The SMILES string of the molecule is CC(C)N(C(=O)c1cc(F)ccc1Oc1cncnc1N1CCC(CN2CC3(CCN(C(=O)OCc4ccccc4)CC3)C2)C1)C(C)C. The minimum Gasteiger partial charge on any atom is -0.451 e. The molecule has 1 atom stereocenters. The molecular weight excluding hydrogens is 611 g/mol. The highest BCUT2D eigenvalue weighted by Gasteiger charge is 2.46. The minimum absolute atomic E-state index is 0.0613. The fraction of sp³-hybridized carbons (Fsp3) is 0.514. The molecule has 1 unspecified atom stereocenters. The van der Waals surface area contributed by atoms with Crippen molar-refractivity contribution in [1.82, 2.24) is 24.7 Å². The van der Waals surface area contributed by atoms with Crippen molar-refractivity contribution in [1.29, 1.82) is 0 Å². The lowest BCUT2D eigenvalue weighted by atomic mass is 9.71. The van der Waals surface area contributed by atoms with Crippen LogP contribution < -0.4 is 9.64 Å². The normalized spacial score (nSPS) is 19.1. The summed E-state index contributed by atoms with van der Waals surface area (Å²) in [6.07, 6.45) is 5.93. The number of nitrogens with zero attached hydrogens (tertiary/aromatic N) is 6. The van der Waals surface area contributed by atoms with Crippen molar-refractivity contribution in [3.05, 3.63) is 78.0 Å². The van der Waals surface area contributed by atoms with E-state index in [0.29, 0.717) is 24.1 Å². The van der Waals surface area contributed by atoms with Gasteiger partial charge in [-0.1, -0.05) is 30.3 Å². The molecular formula is C37H47FN6O4. The van der Waals surface area contributed by atoms with Gasteiger partial charge in [-0.2, -0.15) is 0 Å². The summed E-state index contributed by atoms with van der Waals surface area (Å²) in [5.74, 6) is 1.09. The number of benzene rings is 2. The lowest BCUT2D eigenvalue weighted by Crippen LogP contribution is -2.61. The van der Waals surface area contributed by atoms with Crippen molar-refractivity contribution in [2.75, 3.05) is 50.7 Å². The Morgan fingerprint density at radius 1 is 1.00 bits per heavy atom. The van der Waals surface area contributed by atoms with Gasteiger partial charge < -0.3 is 29.1 Å². The molecule has 1 aromatic heterocycles. The minimum atomic E-state index is -0.496. The van der Waals surface area contributed by atoms with Gasteiger partial charge in [0.05, 0.1) is 11.8 Å². The first kappa shape index (κ1) is 33.6. The molecule has 0 saturated carbocycles. The van der Waals surface area contributed by atoms with Crippen molar-refractivity contribution in [2.24, 2.45) is 11.3 Å². The van der Waals surface area contributed by atoms with Crippen LogP contribution in [0.3, 0.4) is 0 Å². The van der Waals surface area contributed by atoms with Crippen molar-refractivity contribution in [3.8, 4) is 11.5 Å². The van der Waals surface area contributed by atoms with Crippen molar-refractivity contribution >= 4 is 17.8 Å². The Morgan fingerprint density at radius 3 is 2.44 bits per heavy atom. The van der Waals surface area contributed by atoms with E-state index in [1.807, 2.05) is 62.9 Å². The van der Waals surface area contributed by atoms with Crippen LogP contribution in [0.15, 0.2) is 61.1 Å². The predicted octanol–water partition coefficient (Wildman–Crippen LogP) is 6.23. The van der Waals surface area contributed by atoms with E-state index in [1.54, 1.807) is 11.1 Å². The number of anilines is 1. The third-order valence-corrected chi connectivity index (χ3v) is 9.91. The summed E-state index contributed by atoms with van der Waals surface area (Å²) in [7, 11) is 0. The molecule has 3 saturated heterocycles. The molecule has 1 spiro atoms. The Labute approximate surface area is 282 Å². The maximum Gasteiger partial charge on any atom is 0.410 e. The second-order valence-corrected chi connectivity index (χ2v) is 14.2. The summed E-state index contributed by atoms with van der Waals surface area (Å²) in [5, 5.41) is 0. The molecule has 0 N–H and O–H groups in total. The molecule has 0 radical (unpaired) electrons. The van der Waals surface area contributed by atoms with Gasteiger partial charge in [-0.25, -0.2) is 19.2 Å². The van der Waals surface area contributed by atoms with Crippen LogP contribution in [0.4, 0.5) is 15.0 Å². The summed E-state index contributed by atoms with van der Waals surface area (Å²) >= 11 is 0. The number of likely N-dealkylation sites (tertiary alicyclic amines) is 2. The molecule has 3 aliphatic rings. The molecule has 3 aromatic rings. The topological polar surface area (TPSA) is 91.3 Å². The van der Waals surface area contributed by atoms with Gasteiger partial charge in [-0.15, -0.1) is 0 Å². The van der Waals surface area contributed by atoms with Crippen molar-refractivity contribution < 1.29 is 23.5 Å². The van der Waals surface area contributed by atoms with Crippen LogP contribution >= 0.6 is 0 Å². The first-order chi connectivity index (χ1) is 23.1. The maximum atomic E-state index is 14.4. The van der Waals surface area contributed by atoms with E-state index in [0.717, 1.165) is 70.6 Å². The molecule has 11 heteroatoms. The van der Waals surface area contributed by atoms with E-state index in [1.165, 1.54) is 24.5 Å².